The standard InChI is InChI=1S/C38H47N9O11S/c1-2-18-40-36(53)44-28-8-4-10-30(23-28)59(56,57)46-29-9-3-7-25(22-29)31(24-34(50)51)45-38(55)43-27-16-14-26(15-17-27)42-37(54)41-20-19-39-32(48)11-5-13-35(52)58-47-21-6-12-33(47)49/h3-4,7-10,14-17,22-23,31,46H,2,5-6,11-13,18-21,24H2,1H3,(H,39,48)(H,50,51)(H2,40,44,53)(H2,41,42,54)(H2,43,45,55)/t31-/m1/s1. The van der Waals surface area contributed by atoms with Crippen molar-refractivity contribution in [1.82, 2.24) is 26.3 Å². The Bertz CT molecular complexity index is 2100. The molecule has 0 radical (unpaired) electrons. The van der Waals surface area contributed by atoms with Crippen LogP contribution in [0.3, 0.4) is 0 Å². The number of hydrogen-bond acceptors (Lipinski definition) is 10. The highest BCUT2D eigenvalue weighted by Crippen LogP contribution is 2.24. The Labute approximate surface area is 340 Å². The van der Waals surface area contributed by atoms with Gasteiger partial charge in [-0.1, -0.05) is 25.1 Å². The third-order valence-electron chi connectivity index (χ3n) is 8.32. The third kappa shape index (κ3) is 15.5. The van der Waals surface area contributed by atoms with Crippen LogP contribution in [0, 0.1) is 0 Å². The van der Waals surface area contributed by atoms with Crippen LogP contribution in [-0.2, 0) is 34.0 Å². The number of benzene rings is 3. The maximum Gasteiger partial charge on any atom is 0.332 e. The van der Waals surface area contributed by atoms with Crippen molar-refractivity contribution >= 4 is 74.6 Å². The van der Waals surface area contributed by atoms with Crippen molar-refractivity contribution in [2.24, 2.45) is 0 Å². The van der Waals surface area contributed by atoms with Crippen molar-refractivity contribution in [3.8, 4) is 0 Å². The number of carbonyl (C=O) groups excluding carboxylic acids is 6. The Hall–Kier alpha value is -6.90. The summed E-state index contributed by atoms with van der Waals surface area (Å²) in [7, 11) is -4.15. The smallest absolute Gasteiger partial charge is 0.332 e. The van der Waals surface area contributed by atoms with Gasteiger partial charge in [0.15, 0.2) is 0 Å². The number of hydrogen-bond donors (Lipinski definition) is 9. The highest BCUT2D eigenvalue weighted by molar-refractivity contribution is 7.92. The zero-order chi connectivity index (χ0) is 42.8. The molecule has 0 aliphatic carbocycles. The molecule has 9 N–H and O–H groups in total. The molecule has 0 unspecified atom stereocenters. The normalized spacial score (nSPS) is 12.7. The number of rotatable bonds is 20. The molecule has 1 aliphatic heterocycles. The van der Waals surface area contributed by atoms with E-state index in [4.69, 9.17) is 4.84 Å². The molecule has 1 saturated heterocycles. The van der Waals surface area contributed by atoms with E-state index in [-0.39, 0.29) is 60.4 Å². The number of carbonyl (C=O) groups is 7. The number of hydroxylamine groups is 2. The van der Waals surface area contributed by atoms with E-state index in [2.05, 4.69) is 41.9 Å². The molecule has 59 heavy (non-hydrogen) atoms. The van der Waals surface area contributed by atoms with Crippen molar-refractivity contribution in [3.63, 3.8) is 0 Å². The highest BCUT2D eigenvalue weighted by atomic mass is 32.2. The summed E-state index contributed by atoms with van der Waals surface area (Å²) in [6.07, 6.45) is 1.43. The topological polar surface area (TPSA) is 283 Å². The van der Waals surface area contributed by atoms with Gasteiger partial charge in [0, 0.05) is 61.6 Å². The van der Waals surface area contributed by atoms with Crippen LogP contribution in [0.1, 0.15) is 63.5 Å². The summed E-state index contributed by atoms with van der Waals surface area (Å²) in [5.41, 5.74) is 1.34. The molecule has 3 aromatic carbocycles. The van der Waals surface area contributed by atoms with Crippen LogP contribution in [-0.4, -0.2) is 86.6 Å². The van der Waals surface area contributed by atoms with Gasteiger partial charge in [0.2, 0.25) is 5.91 Å². The lowest BCUT2D eigenvalue weighted by Crippen LogP contribution is -2.36. The summed E-state index contributed by atoms with van der Waals surface area (Å²) in [4.78, 5) is 89.3. The van der Waals surface area contributed by atoms with Crippen LogP contribution in [0.5, 0.6) is 0 Å². The number of sulfonamides is 1. The second-order valence-electron chi connectivity index (χ2n) is 13.1. The van der Waals surface area contributed by atoms with E-state index in [1.165, 1.54) is 72.8 Å². The Morgan fingerprint density at radius 2 is 1.39 bits per heavy atom. The first kappa shape index (κ1) is 44.8. The number of carboxylic acid groups (broad SMARTS) is 1. The van der Waals surface area contributed by atoms with Crippen molar-refractivity contribution in [1.29, 1.82) is 0 Å². The minimum absolute atomic E-state index is 0.0230. The lowest BCUT2D eigenvalue weighted by molar-refractivity contribution is -0.192. The molecular formula is C38H47N9O11S. The minimum atomic E-state index is -4.15. The first-order valence-corrected chi connectivity index (χ1v) is 20.2. The SMILES string of the molecule is CCCNC(=O)Nc1cccc(S(=O)(=O)Nc2cccc([C@@H](CC(=O)O)NC(=O)Nc3ccc(NC(=O)NCCNC(=O)CCCC(=O)ON4CCCC4=O)cc3)c2)c1. The Kier molecular flexibility index (Phi) is 16.8. The first-order chi connectivity index (χ1) is 28.2. The summed E-state index contributed by atoms with van der Waals surface area (Å²) in [5, 5.41) is 28.8. The van der Waals surface area contributed by atoms with Gasteiger partial charge in [-0.25, -0.2) is 27.6 Å². The summed E-state index contributed by atoms with van der Waals surface area (Å²) >= 11 is 0. The second-order valence-corrected chi connectivity index (χ2v) is 14.8. The number of anilines is 4. The van der Waals surface area contributed by atoms with Crippen LogP contribution in [0.4, 0.5) is 37.1 Å². The highest BCUT2D eigenvalue weighted by Gasteiger charge is 2.24. The number of carboxylic acids is 1. The molecule has 21 heteroatoms. The number of nitrogens with zero attached hydrogens (tertiary/aromatic N) is 1. The molecule has 20 nitrogen and oxygen atoms in total. The fraction of sp³-hybridized carbons (Fsp3) is 0.342. The molecule has 1 aliphatic rings. The fourth-order valence-corrected chi connectivity index (χ4v) is 6.60. The fourth-order valence-electron chi connectivity index (χ4n) is 5.50. The molecule has 316 valence electrons. The Morgan fingerprint density at radius 1 is 0.763 bits per heavy atom. The number of amides is 8. The zero-order valence-electron chi connectivity index (χ0n) is 32.2. The van der Waals surface area contributed by atoms with Crippen molar-refractivity contribution in [2.75, 3.05) is 46.9 Å². The molecule has 8 amide bonds. The van der Waals surface area contributed by atoms with Gasteiger partial charge < -0.3 is 47.2 Å². The molecule has 4 rings (SSSR count). The number of nitrogens with one attached hydrogen (secondary N) is 8. The minimum Gasteiger partial charge on any atom is -0.481 e. The van der Waals surface area contributed by atoms with E-state index in [1.807, 2.05) is 6.92 Å². The van der Waals surface area contributed by atoms with Gasteiger partial charge in [0.05, 0.1) is 23.9 Å². The maximum atomic E-state index is 13.2. The van der Waals surface area contributed by atoms with Gasteiger partial charge in [-0.05, 0) is 79.4 Å². The molecule has 0 bridgehead atoms. The van der Waals surface area contributed by atoms with Gasteiger partial charge in [0.1, 0.15) is 0 Å². The van der Waals surface area contributed by atoms with Crippen molar-refractivity contribution in [2.45, 2.75) is 62.8 Å². The maximum absolute atomic E-state index is 13.2. The van der Waals surface area contributed by atoms with Gasteiger partial charge in [-0.2, -0.15) is 5.06 Å². The van der Waals surface area contributed by atoms with Crippen molar-refractivity contribution < 1.29 is 51.9 Å². The Balaban J connectivity index is 1.21. The van der Waals surface area contributed by atoms with Crippen LogP contribution < -0.4 is 41.9 Å². The van der Waals surface area contributed by atoms with E-state index < -0.39 is 52.5 Å². The van der Waals surface area contributed by atoms with Crippen molar-refractivity contribution in [3.05, 3.63) is 78.4 Å². The molecular weight excluding hydrogens is 791 g/mol. The number of urea groups is 3. The zero-order valence-corrected chi connectivity index (χ0v) is 33.0. The van der Waals surface area contributed by atoms with Crippen LogP contribution in [0.25, 0.3) is 0 Å². The summed E-state index contributed by atoms with van der Waals surface area (Å²) in [5.74, 6) is -2.38. The predicted octanol–water partition coefficient (Wildman–Crippen LogP) is 3.85. The molecule has 0 saturated carbocycles. The summed E-state index contributed by atoms with van der Waals surface area (Å²) in [6.45, 7) is 2.94. The summed E-state index contributed by atoms with van der Waals surface area (Å²) in [6, 6.07) is 14.7. The van der Waals surface area contributed by atoms with Gasteiger partial charge in [-0.15, -0.1) is 0 Å². The van der Waals surface area contributed by atoms with E-state index >= 15 is 0 Å². The molecule has 1 atom stereocenters. The quantitative estimate of drug-likeness (QED) is 0.0737. The molecule has 0 aromatic heterocycles. The lowest BCUT2D eigenvalue weighted by Gasteiger charge is -2.19. The summed E-state index contributed by atoms with van der Waals surface area (Å²) < 4.78 is 28.9. The van der Waals surface area contributed by atoms with Crippen LogP contribution >= 0.6 is 0 Å². The second kappa shape index (κ2) is 22.1. The third-order valence-corrected chi connectivity index (χ3v) is 9.70. The van der Waals surface area contributed by atoms with Crippen LogP contribution in [0.2, 0.25) is 0 Å². The predicted molar refractivity (Wildman–Crippen MR) is 216 cm³/mol. The molecule has 1 fully saturated rings. The van der Waals surface area contributed by atoms with Gasteiger partial charge in [0.25, 0.3) is 15.9 Å². The van der Waals surface area contributed by atoms with Gasteiger partial charge >= 0.3 is 30.0 Å². The van der Waals surface area contributed by atoms with E-state index in [9.17, 15) is 47.1 Å². The average molecular weight is 838 g/mol. The van der Waals surface area contributed by atoms with E-state index in [0.717, 1.165) is 11.5 Å². The lowest BCUT2D eigenvalue weighted by atomic mass is 10.0. The number of aliphatic carboxylic acids is 1. The Morgan fingerprint density at radius 3 is 2.05 bits per heavy atom. The van der Waals surface area contributed by atoms with Crippen LogP contribution in [0.15, 0.2) is 77.7 Å². The van der Waals surface area contributed by atoms with E-state index in [1.54, 1.807) is 0 Å². The average Bonchev–Trinajstić information content (AvgIpc) is 3.59. The molecule has 1 heterocycles. The first-order valence-electron chi connectivity index (χ1n) is 18.7. The van der Waals surface area contributed by atoms with Gasteiger partial charge in [-0.3, -0.25) is 19.1 Å². The molecule has 0 spiro atoms. The molecule has 3 aromatic rings. The largest absolute Gasteiger partial charge is 0.481 e. The van der Waals surface area contributed by atoms with E-state index in [0.29, 0.717) is 42.9 Å². The monoisotopic (exact) mass is 837 g/mol.